The molecule has 0 bridgehead atoms. The second kappa shape index (κ2) is 7.25. The van der Waals surface area contributed by atoms with Gasteiger partial charge in [0.2, 0.25) is 6.29 Å². The van der Waals surface area contributed by atoms with E-state index in [0.717, 1.165) is 25.9 Å². The van der Waals surface area contributed by atoms with Gasteiger partial charge in [-0.1, -0.05) is 12.8 Å². The molecule has 2 aliphatic carbocycles. The minimum absolute atomic E-state index is 0.114. The van der Waals surface area contributed by atoms with E-state index in [1.807, 2.05) is 6.92 Å². The summed E-state index contributed by atoms with van der Waals surface area (Å²) in [5, 5.41) is 3.15. The average Bonchev–Trinajstić information content (AvgIpc) is 3.26. The van der Waals surface area contributed by atoms with Crippen LogP contribution < -0.4 is 5.32 Å². The van der Waals surface area contributed by atoms with Gasteiger partial charge in [-0.15, -0.1) is 0 Å². The summed E-state index contributed by atoms with van der Waals surface area (Å²) >= 11 is 0. The number of ether oxygens (including phenoxy) is 3. The highest BCUT2D eigenvalue weighted by Crippen LogP contribution is 2.54. The summed E-state index contributed by atoms with van der Waals surface area (Å²) in [5.41, 5.74) is 0.114. The zero-order chi connectivity index (χ0) is 17.2. The molecule has 1 aromatic rings. The van der Waals surface area contributed by atoms with Crippen LogP contribution in [0.3, 0.4) is 0 Å². The first-order valence-corrected chi connectivity index (χ1v) is 8.72. The molecule has 0 unspecified atom stereocenters. The number of carbonyl (C=O) groups is 1. The van der Waals surface area contributed by atoms with Crippen LogP contribution in [0.25, 0.3) is 0 Å². The summed E-state index contributed by atoms with van der Waals surface area (Å²) in [6, 6.07) is 3.54. The van der Waals surface area contributed by atoms with Gasteiger partial charge >= 0.3 is 0 Å². The maximum absolute atomic E-state index is 12.5. The Balaban J connectivity index is 1.65. The highest BCUT2D eigenvalue weighted by Gasteiger charge is 2.57. The maximum atomic E-state index is 12.5. The second-order valence-corrected chi connectivity index (χ2v) is 6.65. The summed E-state index contributed by atoms with van der Waals surface area (Å²) < 4.78 is 21.8. The van der Waals surface area contributed by atoms with Gasteiger partial charge in [-0.05, 0) is 38.3 Å². The van der Waals surface area contributed by atoms with Crippen LogP contribution in [-0.4, -0.2) is 38.9 Å². The molecule has 0 radical (unpaired) electrons. The van der Waals surface area contributed by atoms with Crippen molar-refractivity contribution in [2.24, 2.45) is 5.41 Å². The van der Waals surface area contributed by atoms with Crippen LogP contribution in [-0.2, 0) is 14.2 Å². The van der Waals surface area contributed by atoms with Gasteiger partial charge in [0.1, 0.15) is 0 Å². The topological polar surface area (TPSA) is 69.9 Å². The molecule has 2 aliphatic rings. The second-order valence-electron chi connectivity index (χ2n) is 6.65. The minimum Gasteiger partial charge on any atom is -0.451 e. The molecular weight excluding hydrogens is 310 g/mol. The van der Waals surface area contributed by atoms with Crippen molar-refractivity contribution >= 4 is 5.91 Å². The third-order valence-electron chi connectivity index (χ3n) is 5.50. The summed E-state index contributed by atoms with van der Waals surface area (Å²) in [6.45, 7) is 2.75. The third kappa shape index (κ3) is 2.98. The predicted octanol–water partition coefficient (Wildman–Crippen LogP) is 3.04. The number of furan rings is 1. The quantitative estimate of drug-likeness (QED) is 0.775. The Bertz CT molecular complexity index is 560. The minimum atomic E-state index is -0.598. The molecule has 6 nitrogen and oxygen atoms in total. The van der Waals surface area contributed by atoms with Crippen LogP contribution in [0.5, 0.6) is 0 Å². The Kier molecular flexibility index (Phi) is 5.27. The molecule has 1 heterocycles. The molecule has 6 heteroatoms. The number of nitrogens with one attached hydrogen (secondary N) is 1. The monoisotopic (exact) mass is 337 g/mol. The molecule has 2 saturated carbocycles. The van der Waals surface area contributed by atoms with E-state index < -0.39 is 6.29 Å². The lowest BCUT2D eigenvalue weighted by molar-refractivity contribution is -0.127. The normalized spacial score (nSPS) is 25.2. The highest BCUT2D eigenvalue weighted by molar-refractivity contribution is 5.91. The Hall–Kier alpha value is -1.37. The molecular formula is C18H27NO5. The highest BCUT2D eigenvalue weighted by atomic mass is 16.7. The lowest BCUT2D eigenvalue weighted by Gasteiger charge is -2.53. The van der Waals surface area contributed by atoms with E-state index >= 15 is 0 Å². The fourth-order valence-electron chi connectivity index (χ4n) is 4.25. The van der Waals surface area contributed by atoms with Crippen LogP contribution in [0.1, 0.15) is 61.6 Å². The van der Waals surface area contributed by atoms with Crippen molar-refractivity contribution in [2.75, 3.05) is 20.8 Å². The van der Waals surface area contributed by atoms with Gasteiger partial charge in [-0.25, -0.2) is 0 Å². The van der Waals surface area contributed by atoms with Crippen molar-refractivity contribution < 1.29 is 23.4 Å². The van der Waals surface area contributed by atoms with Gasteiger partial charge in [-0.3, -0.25) is 4.79 Å². The standard InChI is InChI=1S/C18H27NO5/c1-4-23-15-11-14(18(15)9-5-6-10-18)19-16(20)12-7-8-13(24-12)17(21-2)22-3/h7-8,14-15,17H,4-6,9-11H2,1-3H3,(H,19,20)/t14-,15-/m0/s1. The Morgan fingerprint density at radius 1 is 1.33 bits per heavy atom. The van der Waals surface area contributed by atoms with Crippen LogP contribution in [0, 0.1) is 5.41 Å². The molecule has 1 N–H and O–H groups in total. The van der Waals surface area contributed by atoms with Crippen LogP contribution in [0.15, 0.2) is 16.5 Å². The zero-order valence-corrected chi connectivity index (χ0v) is 14.7. The van der Waals surface area contributed by atoms with E-state index in [9.17, 15) is 4.79 Å². The fourth-order valence-corrected chi connectivity index (χ4v) is 4.25. The van der Waals surface area contributed by atoms with Crippen LogP contribution in [0.2, 0.25) is 0 Å². The SMILES string of the molecule is CCO[C@H]1C[C@H](NC(=O)c2ccc(C(OC)OC)o2)C12CCCC2. The number of carbonyl (C=O) groups excluding carboxylic acids is 1. The van der Waals surface area contributed by atoms with Crippen molar-refractivity contribution in [1.29, 1.82) is 0 Å². The van der Waals surface area contributed by atoms with Gasteiger partial charge in [0.05, 0.1) is 6.10 Å². The fraction of sp³-hybridized carbons (Fsp3) is 0.722. The Morgan fingerprint density at radius 3 is 2.67 bits per heavy atom. The van der Waals surface area contributed by atoms with Gasteiger partial charge in [0, 0.05) is 32.3 Å². The molecule has 0 aromatic carbocycles. The van der Waals surface area contributed by atoms with Crippen LogP contribution >= 0.6 is 0 Å². The van der Waals surface area contributed by atoms with Crippen molar-refractivity contribution in [3.8, 4) is 0 Å². The first kappa shape index (κ1) is 17.5. The molecule has 1 spiro atoms. The summed E-state index contributed by atoms with van der Waals surface area (Å²) in [4.78, 5) is 12.5. The molecule has 1 amide bonds. The molecule has 24 heavy (non-hydrogen) atoms. The number of rotatable bonds is 7. The van der Waals surface area contributed by atoms with E-state index in [4.69, 9.17) is 18.6 Å². The van der Waals surface area contributed by atoms with Crippen molar-refractivity contribution in [3.05, 3.63) is 23.7 Å². The maximum Gasteiger partial charge on any atom is 0.287 e. The number of hydrogen-bond acceptors (Lipinski definition) is 5. The lowest BCUT2D eigenvalue weighted by Crippen LogP contribution is -2.63. The molecule has 2 atom stereocenters. The van der Waals surface area contributed by atoms with Crippen LogP contribution in [0.4, 0.5) is 0 Å². The van der Waals surface area contributed by atoms with E-state index in [-0.39, 0.29) is 29.2 Å². The lowest BCUT2D eigenvalue weighted by atomic mass is 9.60. The smallest absolute Gasteiger partial charge is 0.287 e. The molecule has 3 rings (SSSR count). The van der Waals surface area contributed by atoms with Gasteiger partial charge < -0.3 is 23.9 Å². The molecule has 1 aromatic heterocycles. The summed E-state index contributed by atoms with van der Waals surface area (Å²) in [7, 11) is 3.06. The zero-order valence-electron chi connectivity index (χ0n) is 14.7. The van der Waals surface area contributed by atoms with Crippen molar-refractivity contribution in [1.82, 2.24) is 5.32 Å². The Morgan fingerprint density at radius 2 is 2.04 bits per heavy atom. The van der Waals surface area contributed by atoms with Crippen molar-refractivity contribution in [3.63, 3.8) is 0 Å². The third-order valence-corrected chi connectivity index (χ3v) is 5.50. The Labute approximate surface area is 142 Å². The molecule has 0 saturated heterocycles. The molecule has 2 fully saturated rings. The first-order chi connectivity index (χ1) is 11.6. The largest absolute Gasteiger partial charge is 0.451 e. The van der Waals surface area contributed by atoms with Crippen molar-refractivity contribution in [2.45, 2.75) is 57.5 Å². The van der Waals surface area contributed by atoms with Gasteiger partial charge in [0.25, 0.3) is 5.91 Å². The number of amides is 1. The van der Waals surface area contributed by atoms with E-state index in [2.05, 4.69) is 5.32 Å². The first-order valence-electron chi connectivity index (χ1n) is 8.72. The molecule has 134 valence electrons. The van der Waals surface area contributed by atoms with Gasteiger partial charge in [-0.2, -0.15) is 0 Å². The van der Waals surface area contributed by atoms with E-state index in [1.165, 1.54) is 27.1 Å². The van der Waals surface area contributed by atoms with Gasteiger partial charge in [0.15, 0.2) is 11.5 Å². The average molecular weight is 337 g/mol. The number of methoxy groups -OCH3 is 2. The number of hydrogen-bond donors (Lipinski definition) is 1. The van der Waals surface area contributed by atoms with E-state index in [0.29, 0.717) is 5.76 Å². The summed E-state index contributed by atoms with van der Waals surface area (Å²) in [6.07, 6.45) is 5.23. The summed E-state index contributed by atoms with van der Waals surface area (Å²) in [5.74, 6) is 0.595. The van der Waals surface area contributed by atoms with E-state index in [1.54, 1.807) is 12.1 Å². The predicted molar refractivity (Wildman–Crippen MR) is 87.7 cm³/mol. The molecule has 0 aliphatic heterocycles.